The van der Waals surface area contributed by atoms with E-state index in [9.17, 15) is 0 Å². The van der Waals surface area contributed by atoms with Gasteiger partial charge in [-0.2, -0.15) is 0 Å². The molecule has 0 spiro atoms. The van der Waals surface area contributed by atoms with E-state index in [2.05, 4.69) is 252 Å². The Balaban J connectivity index is 0.828. The summed E-state index contributed by atoms with van der Waals surface area (Å²) in [6.45, 7) is 0. The first-order valence-corrected chi connectivity index (χ1v) is 22.9. The molecule has 2 heterocycles. The van der Waals surface area contributed by atoms with Crippen molar-refractivity contribution in [1.29, 1.82) is 0 Å². The molecule has 0 aliphatic carbocycles. The van der Waals surface area contributed by atoms with Crippen LogP contribution in [0.4, 0.5) is 17.1 Å². The molecule has 13 rings (SSSR count). The van der Waals surface area contributed by atoms with Crippen LogP contribution in [0.3, 0.4) is 0 Å². The van der Waals surface area contributed by atoms with Crippen molar-refractivity contribution in [3.63, 3.8) is 0 Å². The zero-order chi connectivity index (χ0) is 44.3. The van der Waals surface area contributed by atoms with Crippen LogP contribution in [0, 0.1) is 0 Å². The molecule has 11 aromatic carbocycles. The van der Waals surface area contributed by atoms with Crippen molar-refractivity contribution in [2.45, 2.75) is 0 Å². The monoisotopic (exact) mass is 854 g/mol. The highest BCUT2D eigenvalue weighted by Gasteiger charge is 2.17. The molecule has 0 atom stereocenters. The van der Waals surface area contributed by atoms with E-state index in [0.29, 0.717) is 0 Å². The molecular formula is C64H42N2O. The van der Waals surface area contributed by atoms with Crippen LogP contribution in [0.15, 0.2) is 259 Å². The first-order chi connectivity index (χ1) is 33.2. The molecule has 0 saturated carbocycles. The summed E-state index contributed by atoms with van der Waals surface area (Å²) in [6, 6.07) is 91.9. The average molecular weight is 855 g/mol. The van der Waals surface area contributed by atoms with Gasteiger partial charge in [0.15, 0.2) is 0 Å². The Morgan fingerprint density at radius 3 is 1.40 bits per heavy atom. The van der Waals surface area contributed by atoms with E-state index in [-0.39, 0.29) is 0 Å². The zero-order valence-corrected chi connectivity index (χ0v) is 36.6. The van der Waals surface area contributed by atoms with Gasteiger partial charge in [-0.15, -0.1) is 0 Å². The third kappa shape index (κ3) is 6.84. The lowest BCUT2D eigenvalue weighted by Gasteiger charge is -2.26. The third-order valence-electron chi connectivity index (χ3n) is 13.4. The fourth-order valence-corrected chi connectivity index (χ4v) is 10.0. The van der Waals surface area contributed by atoms with Gasteiger partial charge in [0.1, 0.15) is 11.2 Å². The van der Waals surface area contributed by atoms with Crippen LogP contribution < -0.4 is 4.90 Å². The number of benzene rings is 11. The average Bonchev–Trinajstić information content (AvgIpc) is 3.95. The summed E-state index contributed by atoms with van der Waals surface area (Å²) < 4.78 is 8.80. The highest BCUT2D eigenvalue weighted by molar-refractivity contribution is 6.09. The summed E-state index contributed by atoms with van der Waals surface area (Å²) in [5.41, 5.74) is 17.9. The van der Waals surface area contributed by atoms with Gasteiger partial charge in [0.25, 0.3) is 0 Å². The molecule has 0 saturated heterocycles. The second kappa shape index (κ2) is 16.0. The fourth-order valence-electron chi connectivity index (χ4n) is 10.0. The number of hydrogen-bond acceptors (Lipinski definition) is 2. The van der Waals surface area contributed by atoms with Gasteiger partial charge in [-0.05, 0) is 134 Å². The summed E-state index contributed by atoms with van der Waals surface area (Å²) in [4.78, 5) is 2.32. The quantitative estimate of drug-likeness (QED) is 0.152. The number of nitrogens with zero attached hydrogens (tertiary/aromatic N) is 2. The van der Waals surface area contributed by atoms with Crippen molar-refractivity contribution in [3.05, 3.63) is 255 Å². The first-order valence-electron chi connectivity index (χ1n) is 22.9. The zero-order valence-electron chi connectivity index (χ0n) is 36.6. The minimum absolute atomic E-state index is 0.863. The molecule has 0 bridgehead atoms. The molecule has 67 heavy (non-hydrogen) atoms. The molecule has 0 aliphatic heterocycles. The van der Waals surface area contributed by atoms with Crippen molar-refractivity contribution >= 4 is 71.6 Å². The van der Waals surface area contributed by atoms with E-state index in [0.717, 1.165) is 61.4 Å². The van der Waals surface area contributed by atoms with Gasteiger partial charge in [0.2, 0.25) is 0 Å². The van der Waals surface area contributed by atoms with E-state index < -0.39 is 0 Å². The second-order valence-electron chi connectivity index (χ2n) is 17.3. The first kappa shape index (κ1) is 38.5. The SMILES string of the molecule is c1cc(-c2ccc(-c3ccc(N(c4ccc(-c5cccc(-n6c7ccccc7c7ccccc76)c5)cc4)c4ccc5c(c4)oc4ccccc45)cc3)cc2)cc(-c2ccc3ccccc3c2)c1. The maximum absolute atomic E-state index is 6.42. The van der Waals surface area contributed by atoms with Gasteiger partial charge in [0, 0.05) is 50.4 Å². The van der Waals surface area contributed by atoms with Crippen molar-refractivity contribution in [2.75, 3.05) is 4.90 Å². The van der Waals surface area contributed by atoms with E-state index in [1.54, 1.807) is 0 Å². The third-order valence-corrected chi connectivity index (χ3v) is 13.4. The minimum Gasteiger partial charge on any atom is -0.456 e. The van der Waals surface area contributed by atoms with Gasteiger partial charge in [-0.25, -0.2) is 0 Å². The van der Waals surface area contributed by atoms with Gasteiger partial charge in [-0.1, -0.05) is 170 Å². The molecule has 0 radical (unpaired) electrons. The number of hydrogen-bond donors (Lipinski definition) is 0. The Labute approximate surface area is 388 Å². The van der Waals surface area contributed by atoms with Gasteiger partial charge in [-0.3, -0.25) is 0 Å². The van der Waals surface area contributed by atoms with Crippen LogP contribution >= 0.6 is 0 Å². The number of anilines is 3. The van der Waals surface area contributed by atoms with Gasteiger partial charge < -0.3 is 13.9 Å². The highest BCUT2D eigenvalue weighted by Crippen LogP contribution is 2.41. The largest absolute Gasteiger partial charge is 0.456 e. The summed E-state index contributed by atoms with van der Waals surface area (Å²) in [5, 5.41) is 7.26. The van der Waals surface area contributed by atoms with E-state index >= 15 is 0 Å². The summed E-state index contributed by atoms with van der Waals surface area (Å²) in [5.74, 6) is 0. The molecule has 2 aromatic heterocycles. The molecule has 13 aromatic rings. The molecule has 3 heteroatoms. The standard InChI is InChI=1S/C64H42N2O/c1-2-12-48-40-52(28-27-43(48)11-1)50-14-9-13-49(39-50)46-25-23-44(24-26-46)45-29-33-53(34-30-45)65(56-37-38-60-59-19-5-8-22-63(59)67-64(60)42-56)54-35-31-47(32-36-54)51-15-10-16-55(41-51)66-61-20-6-3-17-57(61)58-18-4-7-21-62(58)66/h1-42H. The molecule has 314 valence electrons. The summed E-state index contributed by atoms with van der Waals surface area (Å²) in [7, 11) is 0. The Hall–Kier alpha value is -8.92. The molecule has 0 N–H and O–H groups in total. The molecule has 0 aliphatic rings. The second-order valence-corrected chi connectivity index (χ2v) is 17.3. The fraction of sp³-hybridized carbons (Fsp3) is 0. The van der Waals surface area contributed by atoms with Crippen molar-refractivity contribution in [3.8, 4) is 50.2 Å². The van der Waals surface area contributed by atoms with Crippen molar-refractivity contribution in [2.24, 2.45) is 0 Å². The van der Waals surface area contributed by atoms with Crippen LogP contribution in [-0.4, -0.2) is 4.57 Å². The van der Waals surface area contributed by atoms with Gasteiger partial charge in [0.05, 0.1) is 11.0 Å². The lowest BCUT2D eigenvalue weighted by atomic mass is 9.96. The lowest BCUT2D eigenvalue weighted by molar-refractivity contribution is 0.669. The van der Waals surface area contributed by atoms with Crippen LogP contribution in [0.25, 0.3) is 105 Å². The Morgan fingerprint density at radius 1 is 0.269 bits per heavy atom. The molecule has 0 unspecified atom stereocenters. The van der Waals surface area contributed by atoms with Crippen molar-refractivity contribution < 1.29 is 4.42 Å². The Morgan fingerprint density at radius 2 is 0.731 bits per heavy atom. The normalized spacial score (nSPS) is 11.6. The predicted molar refractivity (Wildman–Crippen MR) is 282 cm³/mol. The Kier molecular flexibility index (Phi) is 9.17. The summed E-state index contributed by atoms with van der Waals surface area (Å²) in [6.07, 6.45) is 0. The van der Waals surface area contributed by atoms with Crippen LogP contribution in [0.5, 0.6) is 0 Å². The van der Waals surface area contributed by atoms with E-state index in [1.807, 2.05) is 12.1 Å². The molecule has 3 nitrogen and oxygen atoms in total. The maximum atomic E-state index is 6.42. The molecule has 0 amide bonds. The number of rotatable bonds is 8. The van der Waals surface area contributed by atoms with Crippen molar-refractivity contribution in [1.82, 2.24) is 4.57 Å². The maximum Gasteiger partial charge on any atom is 0.137 e. The Bertz CT molecular complexity index is 3920. The number of para-hydroxylation sites is 3. The smallest absolute Gasteiger partial charge is 0.137 e. The number of aromatic nitrogens is 1. The lowest BCUT2D eigenvalue weighted by Crippen LogP contribution is -2.09. The van der Waals surface area contributed by atoms with Crippen LogP contribution in [-0.2, 0) is 0 Å². The summed E-state index contributed by atoms with van der Waals surface area (Å²) >= 11 is 0. The number of furan rings is 1. The van der Waals surface area contributed by atoms with Crippen LogP contribution in [0.2, 0.25) is 0 Å². The number of fused-ring (bicyclic) bond motifs is 7. The van der Waals surface area contributed by atoms with E-state index in [4.69, 9.17) is 4.42 Å². The molecular weight excluding hydrogens is 813 g/mol. The topological polar surface area (TPSA) is 21.3 Å². The van der Waals surface area contributed by atoms with E-state index in [1.165, 1.54) is 60.4 Å². The van der Waals surface area contributed by atoms with Gasteiger partial charge >= 0.3 is 0 Å². The highest BCUT2D eigenvalue weighted by atomic mass is 16.3. The molecule has 0 fully saturated rings. The van der Waals surface area contributed by atoms with Crippen LogP contribution in [0.1, 0.15) is 0 Å². The minimum atomic E-state index is 0.863. The predicted octanol–water partition coefficient (Wildman–Crippen LogP) is 18.0.